The van der Waals surface area contributed by atoms with Gasteiger partial charge in [-0.25, -0.2) is 0 Å². The minimum absolute atomic E-state index is 0.0762. The second-order valence-electron chi connectivity index (χ2n) is 5.64. The van der Waals surface area contributed by atoms with Gasteiger partial charge in [-0.15, -0.1) is 0 Å². The maximum absolute atomic E-state index is 12.0. The lowest BCUT2D eigenvalue weighted by Gasteiger charge is -2.33. The molecule has 1 atom stereocenters. The monoisotopic (exact) mass is 252 g/mol. The maximum Gasteiger partial charge on any atom is 0.389 e. The molecule has 0 bridgehead atoms. The third-order valence-corrected chi connectivity index (χ3v) is 4.03. The second kappa shape index (κ2) is 6.07. The Kier molecular flexibility index (Phi) is 5.29. The summed E-state index contributed by atoms with van der Waals surface area (Å²) in [5.74, 6) is 1.40. The van der Waals surface area contributed by atoms with Gasteiger partial charge in [0.2, 0.25) is 0 Å². The number of alkyl halides is 3. The second-order valence-corrected chi connectivity index (χ2v) is 5.64. The van der Waals surface area contributed by atoms with Crippen molar-refractivity contribution in [2.75, 3.05) is 0 Å². The van der Waals surface area contributed by atoms with Crippen LogP contribution < -0.4 is 0 Å². The number of hydrogen-bond acceptors (Lipinski definition) is 1. The molecule has 0 radical (unpaired) electrons. The van der Waals surface area contributed by atoms with Crippen molar-refractivity contribution in [2.45, 2.75) is 64.7 Å². The van der Waals surface area contributed by atoms with Gasteiger partial charge in [0.1, 0.15) is 0 Å². The summed E-state index contributed by atoms with van der Waals surface area (Å²) < 4.78 is 36.1. The van der Waals surface area contributed by atoms with E-state index in [4.69, 9.17) is 0 Å². The lowest BCUT2D eigenvalue weighted by atomic mass is 9.74. The summed E-state index contributed by atoms with van der Waals surface area (Å²) in [4.78, 5) is 0. The normalized spacial score (nSPS) is 28.4. The fourth-order valence-electron chi connectivity index (χ4n) is 2.74. The average Bonchev–Trinajstić information content (AvgIpc) is 2.25. The van der Waals surface area contributed by atoms with Crippen LogP contribution in [0.15, 0.2) is 0 Å². The third-order valence-electron chi connectivity index (χ3n) is 4.03. The first-order valence-corrected chi connectivity index (χ1v) is 6.54. The summed E-state index contributed by atoms with van der Waals surface area (Å²) in [5, 5.41) is 9.76. The molecule has 0 aromatic heterocycles. The fraction of sp³-hybridized carbons (Fsp3) is 1.00. The summed E-state index contributed by atoms with van der Waals surface area (Å²) in [5.41, 5.74) is 0. The molecule has 1 rings (SSSR count). The predicted molar refractivity (Wildman–Crippen MR) is 61.6 cm³/mol. The molecule has 0 aromatic carbocycles. The van der Waals surface area contributed by atoms with E-state index in [0.717, 1.165) is 25.7 Å². The topological polar surface area (TPSA) is 20.2 Å². The number of halogens is 3. The van der Waals surface area contributed by atoms with Gasteiger partial charge in [0, 0.05) is 6.42 Å². The van der Waals surface area contributed by atoms with Gasteiger partial charge in [-0.05, 0) is 49.9 Å². The van der Waals surface area contributed by atoms with Crippen molar-refractivity contribution in [3.63, 3.8) is 0 Å². The van der Waals surface area contributed by atoms with Crippen LogP contribution in [0.2, 0.25) is 0 Å². The maximum atomic E-state index is 12.0. The van der Waals surface area contributed by atoms with Crippen LogP contribution in [0.3, 0.4) is 0 Å². The molecule has 4 heteroatoms. The smallest absolute Gasteiger partial charge is 0.389 e. The van der Waals surface area contributed by atoms with Gasteiger partial charge in [0.15, 0.2) is 0 Å². The molecule has 1 nitrogen and oxygen atoms in total. The van der Waals surface area contributed by atoms with Gasteiger partial charge in [-0.1, -0.05) is 13.8 Å². The molecule has 0 amide bonds. The molecular weight excluding hydrogens is 229 g/mol. The van der Waals surface area contributed by atoms with Crippen molar-refractivity contribution in [2.24, 2.45) is 17.8 Å². The molecule has 1 unspecified atom stereocenters. The molecule has 0 heterocycles. The summed E-state index contributed by atoms with van der Waals surface area (Å²) in [7, 11) is 0. The third kappa shape index (κ3) is 5.28. The molecule has 0 spiro atoms. The van der Waals surface area contributed by atoms with Crippen molar-refractivity contribution < 1.29 is 18.3 Å². The van der Waals surface area contributed by atoms with Gasteiger partial charge in [0.05, 0.1) is 6.10 Å². The number of rotatable bonds is 4. The first-order valence-electron chi connectivity index (χ1n) is 6.54. The van der Waals surface area contributed by atoms with Crippen LogP contribution in [0.1, 0.15) is 52.4 Å². The first-order chi connectivity index (χ1) is 7.79. The van der Waals surface area contributed by atoms with E-state index in [9.17, 15) is 18.3 Å². The Bertz CT molecular complexity index is 217. The Morgan fingerprint density at radius 3 is 1.94 bits per heavy atom. The van der Waals surface area contributed by atoms with Crippen molar-refractivity contribution in [1.29, 1.82) is 0 Å². The van der Waals surface area contributed by atoms with E-state index in [1.807, 2.05) is 0 Å². The minimum atomic E-state index is -4.14. The van der Waals surface area contributed by atoms with Crippen LogP contribution in [0.25, 0.3) is 0 Å². The molecule has 1 N–H and O–H groups in total. The Morgan fingerprint density at radius 1 is 1.06 bits per heavy atom. The molecule has 102 valence electrons. The van der Waals surface area contributed by atoms with E-state index >= 15 is 0 Å². The zero-order valence-electron chi connectivity index (χ0n) is 10.6. The highest BCUT2D eigenvalue weighted by atomic mass is 19.4. The van der Waals surface area contributed by atoms with Crippen LogP contribution in [0, 0.1) is 17.8 Å². The van der Waals surface area contributed by atoms with Crippen molar-refractivity contribution in [3.8, 4) is 0 Å². The lowest BCUT2D eigenvalue weighted by molar-refractivity contribution is -0.142. The van der Waals surface area contributed by atoms with Crippen LogP contribution in [-0.4, -0.2) is 17.4 Å². The summed E-state index contributed by atoms with van der Waals surface area (Å²) >= 11 is 0. The Balaban J connectivity index is 2.28. The van der Waals surface area contributed by atoms with Crippen LogP contribution in [0.5, 0.6) is 0 Å². The molecule has 1 saturated carbocycles. The highest BCUT2D eigenvalue weighted by Crippen LogP contribution is 2.36. The average molecular weight is 252 g/mol. The Hall–Kier alpha value is -0.250. The van der Waals surface area contributed by atoms with E-state index in [-0.39, 0.29) is 12.3 Å². The van der Waals surface area contributed by atoms with E-state index in [1.54, 1.807) is 0 Å². The highest BCUT2D eigenvalue weighted by Gasteiger charge is 2.32. The van der Waals surface area contributed by atoms with Crippen molar-refractivity contribution in [3.05, 3.63) is 0 Å². The number of aliphatic hydroxyl groups excluding tert-OH is 1. The zero-order valence-corrected chi connectivity index (χ0v) is 10.6. The molecule has 17 heavy (non-hydrogen) atoms. The zero-order chi connectivity index (χ0) is 13.1. The first kappa shape index (κ1) is 14.8. The number of aliphatic hydroxyl groups is 1. The highest BCUT2D eigenvalue weighted by molar-refractivity contribution is 4.79. The van der Waals surface area contributed by atoms with Crippen molar-refractivity contribution >= 4 is 0 Å². The standard InChI is InChI=1S/C13H23F3O/c1-9(2)10-3-5-11(6-4-10)12(17)7-8-13(14,15)16/h9-12,17H,3-8H2,1-2H3. The molecule has 1 aliphatic carbocycles. The van der Waals surface area contributed by atoms with Gasteiger partial charge in [0.25, 0.3) is 0 Å². The van der Waals surface area contributed by atoms with Gasteiger partial charge in [-0.3, -0.25) is 0 Å². The Labute approximate surface area is 101 Å². The van der Waals surface area contributed by atoms with Crippen LogP contribution >= 0.6 is 0 Å². The SMILES string of the molecule is CC(C)C1CCC(C(O)CCC(F)(F)F)CC1. The minimum Gasteiger partial charge on any atom is -0.393 e. The van der Waals surface area contributed by atoms with Gasteiger partial charge >= 0.3 is 6.18 Å². The van der Waals surface area contributed by atoms with Gasteiger partial charge < -0.3 is 5.11 Å². The molecule has 1 fully saturated rings. The van der Waals surface area contributed by atoms with Crippen LogP contribution in [-0.2, 0) is 0 Å². The molecule has 0 aliphatic heterocycles. The quantitative estimate of drug-likeness (QED) is 0.796. The molecular formula is C13H23F3O. The molecule has 0 saturated heterocycles. The molecule has 0 aromatic rings. The molecule has 1 aliphatic rings. The number of hydrogen-bond donors (Lipinski definition) is 1. The van der Waals surface area contributed by atoms with Crippen molar-refractivity contribution in [1.82, 2.24) is 0 Å². The van der Waals surface area contributed by atoms with E-state index in [0.29, 0.717) is 11.8 Å². The van der Waals surface area contributed by atoms with E-state index in [1.165, 1.54) is 0 Å². The summed E-state index contributed by atoms with van der Waals surface area (Å²) in [6.45, 7) is 4.37. The van der Waals surface area contributed by atoms with E-state index in [2.05, 4.69) is 13.8 Å². The Morgan fingerprint density at radius 2 is 1.53 bits per heavy atom. The fourth-order valence-corrected chi connectivity index (χ4v) is 2.74. The summed E-state index contributed by atoms with van der Waals surface area (Å²) in [6.07, 6.45) is -2.07. The summed E-state index contributed by atoms with van der Waals surface area (Å²) in [6, 6.07) is 0. The predicted octanol–water partition coefficient (Wildman–Crippen LogP) is 4.15. The van der Waals surface area contributed by atoms with E-state index < -0.39 is 18.7 Å². The van der Waals surface area contributed by atoms with Gasteiger partial charge in [-0.2, -0.15) is 13.2 Å². The largest absolute Gasteiger partial charge is 0.393 e. The van der Waals surface area contributed by atoms with Crippen LogP contribution in [0.4, 0.5) is 13.2 Å². The lowest BCUT2D eigenvalue weighted by Crippen LogP contribution is -2.28.